The number of nitrogens with zero attached hydrogens (tertiary/aromatic N) is 8. The molecule has 12 aromatic rings. The molecule has 110 heavy (non-hydrogen) atoms. The minimum atomic E-state index is -3.70. The van der Waals surface area contributed by atoms with E-state index in [9.17, 15) is 52.8 Å². The quantitative estimate of drug-likeness (QED) is 0.0868. The molecule has 0 bridgehead atoms. The fourth-order valence-corrected chi connectivity index (χ4v) is 23.1. The van der Waals surface area contributed by atoms with Crippen LogP contribution in [0.2, 0.25) is 0 Å². The van der Waals surface area contributed by atoms with Crippen molar-refractivity contribution in [2.45, 2.75) is 65.0 Å². The number of rotatable bonds is 16. The Kier molecular flexibility index (Phi) is 24.6. The molecule has 580 valence electrons. The number of benzene rings is 8. The van der Waals surface area contributed by atoms with Gasteiger partial charge in [0.2, 0.25) is 40.1 Å². The Labute approximate surface area is 652 Å². The summed E-state index contributed by atoms with van der Waals surface area (Å²) in [5.41, 5.74) is 0.967. The van der Waals surface area contributed by atoms with Gasteiger partial charge in [-0.3, -0.25) is 19.2 Å². The van der Waals surface area contributed by atoms with Crippen molar-refractivity contribution in [2.75, 3.05) is 107 Å². The zero-order valence-electron chi connectivity index (χ0n) is 60.7. The number of methoxy groups -OCH3 is 4. The van der Waals surface area contributed by atoms with Crippen LogP contribution in [0.5, 0.6) is 23.0 Å². The summed E-state index contributed by atoms with van der Waals surface area (Å²) in [6.45, 7) is 7.27. The van der Waals surface area contributed by atoms with Gasteiger partial charge < -0.3 is 28.4 Å². The number of ether oxygens (including phenoxy) is 6. The number of aromatic nitrogens is 4. The number of hydrogen-bond donors (Lipinski definition) is 0. The summed E-state index contributed by atoms with van der Waals surface area (Å²) in [7, 11) is -8.57. The molecule has 0 saturated carbocycles. The van der Waals surface area contributed by atoms with E-state index in [1.54, 1.807) is 84.9 Å². The molecule has 0 N–H and O–H groups in total. The molecule has 0 aliphatic carbocycles. The number of morpholine rings is 1. The van der Waals surface area contributed by atoms with Crippen LogP contribution in [0.1, 0.15) is 45.4 Å². The zero-order chi connectivity index (χ0) is 77.7. The van der Waals surface area contributed by atoms with Crippen molar-refractivity contribution in [1.29, 1.82) is 0 Å². The van der Waals surface area contributed by atoms with Crippen molar-refractivity contribution in [1.82, 2.24) is 33.0 Å². The van der Waals surface area contributed by atoms with Crippen LogP contribution >= 0.6 is 46.1 Å². The summed E-state index contributed by atoms with van der Waals surface area (Å²) >= 11 is 5.07. The van der Waals surface area contributed by atoms with Gasteiger partial charge in [0.1, 0.15) is 45.7 Å². The number of fused-ring (bicyclic) bond motifs is 4. The summed E-state index contributed by atoms with van der Waals surface area (Å²) in [6, 6.07) is 47.9. The van der Waals surface area contributed by atoms with Crippen LogP contribution in [-0.2, 0) is 49.6 Å². The van der Waals surface area contributed by atoms with E-state index in [0.717, 1.165) is 50.9 Å². The van der Waals surface area contributed by atoms with Gasteiger partial charge in [0.15, 0.2) is 0 Å². The van der Waals surface area contributed by atoms with Crippen LogP contribution in [0.4, 0.5) is 0 Å². The van der Waals surface area contributed by atoms with Crippen molar-refractivity contribution >= 4 is 127 Å². The van der Waals surface area contributed by atoms with Crippen molar-refractivity contribution in [3.63, 3.8) is 0 Å². The van der Waals surface area contributed by atoms with Gasteiger partial charge >= 0.3 is 0 Å². The molecular formula is C76H80N8O18S8. The summed E-state index contributed by atoms with van der Waals surface area (Å²) in [5.74, 6) is 2.33. The predicted molar refractivity (Wildman–Crippen MR) is 429 cm³/mol. The molecule has 16 rings (SSSR count). The van der Waals surface area contributed by atoms with Crippen molar-refractivity contribution in [3.8, 4) is 45.7 Å². The third-order valence-corrected chi connectivity index (χ3v) is 31.2. The number of piperidine rings is 2. The maximum Gasteiger partial charge on any atom is 0.273 e. The lowest BCUT2D eigenvalue weighted by Gasteiger charge is -2.29. The smallest absolute Gasteiger partial charge is 0.273 e. The number of sulfonamides is 4. The molecular weight excluding hydrogens is 1570 g/mol. The third kappa shape index (κ3) is 16.3. The molecule has 0 unspecified atom stereocenters. The predicted octanol–water partition coefficient (Wildman–Crippen LogP) is 11.3. The Morgan fingerprint density at radius 3 is 0.864 bits per heavy atom. The van der Waals surface area contributed by atoms with Crippen molar-refractivity contribution in [2.24, 2.45) is 5.92 Å². The van der Waals surface area contributed by atoms with E-state index in [4.69, 9.17) is 28.4 Å². The van der Waals surface area contributed by atoms with Crippen LogP contribution in [0, 0.1) is 5.92 Å². The Hall–Kier alpha value is -8.72. The van der Waals surface area contributed by atoms with Crippen molar-refractivity contribution in [3.05, 3.63) is 211 Å². The molecule has 4 aliphatic rings. The van der Waals surface area contributed by atoms with E-state index in [1.807, 2.05) is 60.7 Å². The van der Waals surface area contributed by atoms with Crippen molar-refractivity contribution < 1.29 is 62.1 Å². The second-order valence-electron chi connectivity index (χ2n) is 26.0. The third-order valence-electron chi connectivity index (χ3n) is 19.2. The van der Waals surface area contributed by atoms with E-state index in [0.29, 0.717) is 158 Å². The highest BCUT2D eigenvalue weighted by molar-refractivity contribution is 7.90. The average molecular weight is 1650 g/mol. The van der Waals surface area contributed by atoms with Crippen LogP contribution in [0.3, 0.4) is 0 Å². The largest absolute Gasteiger partial charge is 0.495 e. The Morgan fingerprint density at radius 2 is 0.573 bits per heavy atom. The first-order valence-electron chi connectivity index (χ1n) is 35.3. The first-order valence-corrected chi connectivity index (χ1v) is 44.2. The molecule has 34 heteroatoms. The van der Waals surface area contributed by atoms with E-state index in [2.05, 4.69) is 6.92 Å². The van der Waals surface area contributed by atoms with Gasteiger partial charge in [0.25, 0.3) is 22.2 Å². The highest BCUT2D eigenvalue weighted by Crippen LogP contribution is 2.37. The van der Waals surface area contributed by atoms with Gasteiger partial charge in [0, 0.05) is 59.0 Å². The average Bonchev–Trinajstić information content (AvgIpc) is 1.58. The lowest BCUT2D eigenvalue weighted by atomic mass is 10.0. The Bertz CT molecular complexity index is 5910. The van der Waals surface area contributed by atoms with E-state index >= 15 is 0 Å². The van der Waals surface area contributed by atoms with Gasteiger partial charge in [0.05, 0.1) is 108 Å². The fraction of sp³-hybridized carbons (Fsp3) is 0.316. The summed E-state index contributed by atoms with van der Waals surface area (Å²) < 4.78 is 152. The molecule has 0 spiro atoms. The van der Waals surface area contributed by atoms with Crippen LogP contribution in [0.25, 0.3) is 63.1 Å². The molecule has 4 aromatic heterocycles. The summed E-state index contributed by atoms with van der Waals surface area (Å²) in [4.78, 5) is 51.9. The molecule has 26 nitrogen and oxygen atoms in total. The van der Waals surface area contributed by atoms with Gasteiger partial charge in [-0.25, -0.2) is 49.5 Å². The second kappa shape index (κ2) is 34.1. The minimum absolute atomic E-state index is 0.129. The van der Waals surface area contributed by atoms with E-state index < -0.39 is 40.1 Å². The normalized spacial score (nSPS) is 16.1. The highest BCUT2D eigenvalue weighted by Gasteiger charge is 2.33. The standard InChI is InChI=1S/C20H22N2O4S2.C19H20N2O5S2.C19H20N2O4S2.C18H18N2O5S2/c1-14-9-11-21(12-10-14)28(24,25)15-7-8-18(26-2)17(13-15)22-20(23)16-5-3-4-6-19(16)27-22;1-25-17-8-7-14(28(23,24)20-9-4-11-26-12-10-20)13-16(17)21-19(22)15-5-2-3-6-18(15)27-21;1-25-17-10-9-14(27(23,24)20-11-5-2-6-12-20)13-16(17)21-19(22)15-7-3-4-8-18(15)26-21;1-24-16-7-6-13(27(22,23)19-8-10-25-11-9-19)12-15(16)20-18(21)14-4-2-3-5-17(14)26-20/h3-8,13-14H,9-12H2,1-2H3;2-3,5-8,13H,4,9-12H2,1H3;3-4,7-10,13H,2,5-6,11-12H2,1H3;2-7,12H,8-11H2,1H3. The lowest BCUT2D eigenvalue weighted by molar-refractivity contribution is 0.0730. The molecule has 4 saturated heterocycles. The molecule has 4 aliphatic heterocycles. The first kappa shape index (κ1) is 79.4. The summed E-state index contributed by atoms with van der Waals surface area (Å²) in [6.07, 6.45) is 5.17. The maximum absolute atomic E-state index is 13.1. The fourth-order valence-electron chi connectivity index (χ4n) is 13.2. The minimum Gasteiger partial charge on any atom is -0.495 e. The van der Waals surface area contributed by atoms with E-state index in [-0.39, 0.29) is 41.8 Å². The maximum atomic E-state index is 13.1. The molecule has 4 fully saturated rings. The highest BCUT2D eigenvalue weighted by atomic mass is 32.2. The second-order valence-corrected chi connectivity index (χ2v) is 37.7. The molecule has 0 amide bonds. The monoisotopic (exact) mass is 1650 g/mol. The topological polar surface area (TPSA) is 293 Å². The van der Waals surface area contributed by atoms with E-state index in [1.165, 1.54) is 132 Å². The molecule has 0 radical (unpaired) electrons. The Morgan fingerprint density at radius 1 is 0.318 bits per heavy atom. The van der Waals surface area contributed by atoms with Gasteiger partial charge in [-0.05, 0) is 159 Å². The van der Waals surface area contributed by atoms with Crippen LogP contribution < -0.4 is 41.2 Å². The number of hydrogen-bond acceptors (Lipinski definition) is 22. The van der Waals surface area contributed by atoms with Gasteiger partial charge in [-0.15, -0.1) is 0 Å². The van der Waals surface area contributed by atoms with Gasteiger partial charge in [-0.2, -0.15) is 17.2 Å². The molecule has 0 atom stereocenters. The SMILES string of the molecule is COc1ccc(S(=O)(=O)N2CCC(C)CC2)cc1-n1sc2ccccc2c1=O.COc1ccc(S(=O)(=O)N2CCCCC2)cc1-n1sc2ccccc2c1=O.COc1ccc(S(=O)(=O)N2CCCOCC2)cc1-n1sc2ccccc2c1=O.COc1ccc(S(=O)(=O)N2CCOCC2)cc1-n1sc2ccccc2c1=O. The van der Waals surface area contributed by atoms with Gasteiger partial charge in [-0.1, -0.05) is 108 Å². The Balaban J connectivity index is 0.000000129. The molecule has 8 aromatic carbocycles. The first-order chi connectivity index (χ1) is 53.0. The lowest BCUT2D eigenvalue weighted by Crippen LogP contribution is -2.40. The van der Waals surface area contributed by atoms with Crippen LogP contribution in [0.15, 0.2) is 209 Å². The zero-order valence-corrected chi connectivity index (χ0v) is 67.2. The molecule has 8 heterocycles. The summed E-state index contributed by atoms with van der Waals surface area (Å²) in [5, 5.41) is 2.39. The van der Waals surface area contributed by atoms with Crippen LogP contribution in [-0.4, -0.2) is 174 Å².